The highest BCUT2D eigenvalue weighted by molar-refractivity contribution is 7.23. The average molecular weight is 443 g/mol. The maximum Gasteiger partial charge on any atom is 0.336 e. The van der Waals surface area contributed by atoms with Gasteiger partial charge in [0.2, 0.25) is 5.91 Å². The molecule has 1 aliphatic heterocycles. The number of anilines is 1. The van der Waals surface area contributed by atoms with E-state index in [-0.39, 0.29) is 11.8 Å². The van der Waals surface area contributed by atoms with Gasteiger partial charge in [-0.1, -0.05) is 6.92 Å². The molecule has 7 nitrogen and oxygen atoms in total. The minimum Gasteiger partial charge on any atom is -0.458 e. The second-order valence-electron chi connectivity index (χ2n) is 8.15. The molecule has 0 aromatic carbocycles. The average Bonchev–Trinajstić information content (AvgIpc) is 3.21. The summed E-state index contributed by atoms with van der Waals surface area (Å²) in [6.45, 7) is 8.99. The molecular formula is C21H22N4O3S2. The van der Waals surface area contributed by atoms with E-state index in [1.54, 1.807) is 18.6 Å². The molecule has 4 rings (SSSR count). The van der Waals surface area contributed by atoms with Crippen molar-refractivity contribution in [3.8, 4) is 10.6 Å². The highest BCUT2D eigenvalue weighted by Crippen LogP contribution is 2.50. The van der Waals surface area contributed by atoms with Gasteiger partial charge in [-0.15, -0.1) is 22.7 Å². The first-order valence-corrected chi connectivity index (χ1v) is 11.2. The van der Waals surface area contributed by atoms with Gasteiger partial charge < -0.3 is 10.1 Å². The molecule has 1 amide bonds. The summed E-state index contributed by atoms with van der Waals surface area (Å²) in [4.78, 5) is 38.9. The molecule has 1 N–H and O–H groups in total. The van der Waals surface area contributed by atoms with Gasteiger partial charge in [-0.2, -0.15) is 0 Å². The number of nitrogens with zero attached hydrogens (tertiary/aromatic N) is 3. The second-order valence-corrected chi connectivity index (χ2v) is 10.2. The molecule has 30 heavy (non-hydrogen) atoms. The number of carbonyl (C=O) groups is 2. The number of carbonyl (C=O) groups excluding carboxylic acids is 2. The normalized spacial score (nSPS) is 18.3. The molecule has 3 aromatic heterocycles. The number of aliphatic imine (C=N–C) groups is 1. The third-order valence-corrected chi connectivity index (χ3v) is 6.69. The van der Waals surface area contributed by atoms with Crippen LogP contribution in [0, 0.1) is 0 Å². The number of hydrogen-bond acceptors (Lipinski definition) is 8. The van der Waals surface area contributed by atoms with Crippen LogP contribution in [-0.2, 0) is 14.3 Å². The van der Waals surface area contributed by atoms with E-state index in [4.69, 9.17) is 9.72 Å². The van der Waals surface area contributed by atoms with Crippen LogP contribution in [-0.4, -0.2) is 33.7 Å². The lowest BCUT2D eigenvalue weighted by atomic mass is 9.93. The summed E-state index contributed by atoms with van der Waals surface area (Å²) in [5, 5.41) is 4.38. The van der Waals surface area contributed by atoms with E-state index in [1.165, 1.54) is 29.6 Å². The quantitative estimate of drug-likeness (QED) is 0.579. The number of thiophene rings is 1. The first-order chi connectivity index (χ1) is 14.1. The van der Waals surface area contributed by atoms with Crippen molar-refractivity contribution >= 4 is 56.0 Å². The predicted molar refractivity (Wildman–Crippen MR) is 121 cm³/mol. The van der Waals surface area contributed by atoms with Crippen LogP contribution in [0.15, 0.2) is 23.5 Å². The Hall–Kier alpha value is -2.65. The molecule has 0 bridgehead atoms. The number of ether oxygens (including phenoxy) is 1. The molecule has 0 spiro atoms. The van der Waals surface area contributed by atoms with Crippen LogP contribution in [0.1, 0.15) is 57.0 Å². The first-order valence-electron chi connectivity index (χ1n) is 9.55. The Morgan fingerprint density at radius 2 is 2.00 bits per heavy atom. The van der Waals surface area contributed by atoms with Gasteiger partial charge in [-0.05, 0) is 32.4 Å². The van der Waals surface area contributed by atoms with E-state index in [0.717, 1.165) is 31.2 Å². The number of thiazole rings is 1. The molecule has 2 unspecified atom stereocenters. The molecule has 156 valence electrons. The van der Waals surface area contributed by atoms with Crippen molar-refractivity contribution in [3.05, 3.63) is 28.9 Å². The zero-order valence-electron chi connectivity index (χ0n) is 17.3. The van der Waals surface area contributed by atoms with E-state index >= 15 is 0 Å². The fourth-order valence-corrected chi connectivity index (χ4v) is 5.80. The number of aromatic nitrogens is 2. The molecular weight excluding hydrogens is 420 g/mol. The van der Waals surface area contributed by atoms with Gasteiger partial charge in [0.25, 0.3) is 0 Å². The highest BCUT2D eigenvalue weighted by Gasteiger charge is 2.37. The van der Waals surface area contributed by atoms with Crippen LogP contribution < -0.4 is 5.32 Å². The molecule has 9 heteroatoms. The third-order valence-electron chi connectivity index (χ3n) is 4.46. The predicted octanol–water partition coefficient (Wildman–Crippen LogP) is 4.95. The van der Waals surface area contributed by atoms with Crippen molar-refractivity contribution in [1.29, 1.82) is 0 Å². The lowest BCUT2D eigenvalue weighted by Crippen LogP contribution is -2.28. The maximum absolute atomic E-state index is 12.9. The molecule has 0 radical (unpaired) electrons. The van der Waals surface area contributed by atoms with Crippen molar-refractivity contribution in [1.82, 2.24) is 9.97 Å². The summed E-state index contributed by atoms with van der Waals surface area (Å²) >= 11 is 2.90. The van der Waals surface area contributed by atoms with Crippen LogP contribution >= 0.6 is 22.7 Å². The number of amides is 1. The fraction of sp³-hybridized carbons (Fsp3) is 0.381. The second kappa shape index (κ2) is 7.55. The Bertz CT molecular complexity index is 1140. The van der Waals surface area contributed by atoms with Crippen LogP contribution in [0.3, 0.4) is 0 Å². The van der Waals surface area contributed by atoms with Gasteiger partial charge >= 0.3 is 5.97 Å². The molecule has 0 fully saturated rings. The molecule has 0 saturated carbocycles. The minimum absolute atomic E-state index is 0.0300. The van der Waals surface area contributed by atoms with E-state index in [1.807, 2.05) is 33.8 Å². The standard InChI is InChI=1S/C21H22N4O3S2/c1-10-8-23-16(20(27)28-21(3,4)5)17-14(10)15(18(30-17)24-11(2)26)19-25-12-9-22-7-6-13(12)29-19/h6-10,16H,1-5H3,(H,24,26). The van der Waals surface area contributed by atoms with Gasteiger partial charge in [0, 0.05) is 35.7 Å². The molecule has 3 aromatic rings. The molecule has 2 atom stereocenters. The Labute approximate surface area is 182 Å². The maximum atomic E-state index is 12.9. The number of pyridine rings is 1. The Kier molecular flexibility index (Phi) is 5.19. The molecule has 0 saturated heterocycles. The summed E-state index contributed by atoms with van der Waals surface area (Å²) in [6, 6.07) is 1.17. The topological polar surface area (TPSA) is 93.5 Å². The van der Waals surface area contributed by atoms with Gasteiger partial charge in [0.1, 0.15) is 21.1 Å². The Morgan fingerprint density at radius 1 is 1.23 bits per heavy atom. The number of hydrogen-bond donors (Lipinski definition) is 1. The van der Waals surface area contributed by atoms with Crippen molar-refractivity contribution in [2.45, 2.75) is 52.2 Å². The largest absolute Gasteiger partial charge is 0.458 e. The monoisotopic (exact) mass is 442 g/mol. The van der Waals surface area contributed by atoms with Gasteiger partial charge in [0.15, 0.2) is 6.04 Å². The number of rotatable bonds is 3. The van der Waals surface area contributed by atoms with E-state index in [9.17, 15) is 9.59 Å². The number of nitrogens with one attached hydrogen (secondary N) is 1. The summed E-state index contributed by atoms with van der Waals surface area (Å²) < 4.78 is 6.61. The molecule has 4 heterocycles. The van der Waals surface area contributed by atoms with Crippen molar-refractivity contribution < 1.29 is 14.3 Å². The zero-order valence-corrected chi connectivity index (χ0v) is 19.0. The Balaban J connectivity index is 1.88. The SMILES string of the molecule is CC(=O)Nc1sc2c(c1-c1nc3cnccc3s1)C(C)C=NC2C(=O)OC(C)(C)C. The van der Waals surface area contributed by atoms with Crippen LogP contribution in [0.2, 0.25) is 0 Å². The summed E-state index contributed by atoms with van der Waals surface area (Å²) in [6.07, 6.45) is 5.23. The van der Waals surface area contributed by atoms with E-state index in [0.29, 0.717) is 5.00 Å². The minimum atomic E-state index is -0.752. The smallest absolute Gasteiger partial charge is 0.336 e. The van der Waals surface area contributed by atoms with Crippen LogP contribution in [0.25, 0.3) is 20.8 Å². The summed E-state index contributed by atoms with van der Waals surface area (Å²) in [5.74, 6) is -0.611. The lowest BCUT2D eigenvalue weighted by Gasteiger charge is -2.25. The summed E-state index contributed by atoms with van der Waals surface area (Å²) in [7, 11) is 0. The van der Waals surface area contributed by atoms with Crippen molar-refractivity contribution in [2.75, 3.05) is 5.32 Å². The summed E-state index contributed by atoms with van der Waals surface area (Å²) in [5.41, 5.74) is 1.99. The van der Waals surface area contributed by atoms with E-state index in [2.05, 4.69) is 15.3 Å². The van der Waals surface area contributed by atoms with Crippen molar-refractivity contribution in [3.63, 3.8) is 0 Å². The highest BCUT2D eigenvalue weighted by atomic mass is 32.1. The first kappa shape index (κ1) is 20.6. The fourth-order valence-electron chi connectivity index (χ4n) is 3.35. The van der Waals surface area contributed by atoms with Crippen LogP contribution in [0.5, 0.6) is 0 Å². The molecule has 0 aliphatic carbocycles. The molecule has 1 aliphatic rings. The Morgan fingerprint density at radius 3 is 2.67 bits per heavy atom. The number of fused-ring (bicyclic) bond motifs is 2. The zero-order chi connectivity index (χ0) is 21.6. The third kappa shape index (κ3) is 3.87. The number of esters is 1. The van der Waals surface area contributed by atoms with Crippen molar-refractivity contribution in [2.24, 2.45) is 4.99 Å². The van der Waals surface area contributed by atoms with E-state index < -0.39 is 17.6 Å². The van der Waals surface area contributed by atoms with Gasteiger partial charge in [-0.25, -0.2) is 9.78 Å². The van der Waals surface area contributed by atoms with Gasteiger partial charge in [-0.3, -0.25) is 14.8 Å². The lowest BCUT2D eigenvalue weighted by molar-refractivity contribution is -0.156. The van der Waals surface area contributed by atoms with Gasteiger partial charge in [0.05, 0.1) is 10.9 Å². The van der Waals surface area contributed by atoms with Crippen LogP contribution in [0.4, 0.5) is 5.00 Å².